The molecule has 2 heteroatoms. The minimum atomic E-state index is -0.537. The summed E-state index contributed by atoms with van der Waals surface area (Å²) in [7, 11) is 0. The first kappa shape index (κ1) is 19.7. The van der Waals surface area contributed by atoms with Gasteiger partial charge in [-0.1, -0.05) is 121 Å². The van der Waals surface area contributed by atoms with Gasteiger partial charge in [-0.3, -0.25) is 4.90 Å². The van der Waals surface area contributed by atoms with Crippen molar-refractivity contribution in [2.75, 3.05) is 6.54 Å². The Balaban J connectivity index is 1.71. The van der Waals surface area contributed by atoms with Gasteiger partial charge in [0, 0.05) is 12.6 Å². The molecule has 0 aromatic heterocycles. The highest BCUT2D eigenvalue weighted by atomic mass is 16.3. The van der Waals surface area contributed by atoms with Gasteiger partial charge in [0.25, 0.3) is 0 Å². The second-order valence-corrected chi connectivity index (χ2v) is 8.21. The van der Waals surface area contributed by atoms with Gasteiger partial charge in [-0.15, -0.1) is 0 Å². The third-order valence-corrected chi connectivity index (χ3v) is 6.58. The van der Waals surface area contributed by atoms with E-state index in [9.17, 15) is 5.11 Å². The van der Waals surface area contributed by atoms with Crippen LogP contribution in [0, 0.1) is 0 Å². The van der Waals surface area contributed by atoms with E-state index >= 15 is 0 Å². The molecule has 1 heterocycles. The zero-order valence-electron chi connectivity index (χ0n) is 17.5. The molecule has 4 aromatic rings. The minimum absolute atomic E-state index is 0.0306. The third-order valence-electron chi connectivity index (χ3n) is 6.58. The number of aliphatic hydroxyl groups is 1. The van der Waals surface area contributed by atoms with E-state index in [0.717, 1.165) is 18.5 Å². The van der Waals surface area contributed by atoms with Gasteiger partial charge in [-0.2, -0.15) is 0 Å². The summed E-state index contributed by atoms with van der Waals surface area (Å²) in [6.45, 7) is 0.924. The summed E-state index contributed by atoms with van der Waals surface area (Å²) in [6.07, 6.45) is 0.426. The molecule has 0 saturated carbocycles. The van der Waals surface area contributed by atoms with Crippen molar-refractivity contribution < 1.29 is 5.11 Å². The quantitative estimate of drug-likeness (QED) is 0.411. The molecular weight excluding hydrogens is 378 g/mol. The summed E-state index contributed by atoms with van der Waals surface area (Å²) in [5.41, 5.74) is 4.16. The predicted octanol–water partition coefficient (Wildman–Crippen LogP) is 5.79. The molecule has 0 radical (unpaired) electrons. The van der Waals surface area contributed by atoms with Gasteiger partial charge in [0.05, 0.1) is 11.6 Å². The van der Waals surface area contributed by atoms with Crippen LogP contribution in [0.4, 0.5) is 0 Å². The lowest BCUT2D eigenvalue weighted by Crippen LogP contribution is -2.62. The van der Waals surface area contributed by atoms with Crippen molar-refractivity contribution in [2.45, 2.75) is 24.1 Å². The minimum Gasteiger partial charge on any atom is -0.387 e. The van der Waals surface area contributed by atoms with E-state index in [1.54, 1.807) is 0 Å². The van der Waals surface area contributed by atoms with Crippen LogP contribution in [0.15, 0.2) is 121 Å². The van der Waals surface area contributed by atoms with E-state index in [0.29, 0.717) is 0 Å². The topological polar surface area (TPSA) is 23.5 Å². The molecule has 0 aliphatic carbocycles. The first-order chi connectivity index (χ1) is 15.3. The van der Waals surface area contributed by atoms with Crippen molar-refractivity contribution >= 4 is 0 Å². The standard InChI is InChI=1S/C29H27NO/c31-28(23-13-5-1-6-14-23)27-21-22-30(27)29(24-15-7-2-8-16-24,25-17-9-3-10-18-25)26-19-11-4-12-20-26/h1-20,27-28,31H,21-22H2/t27-,28-/m0/s1. The van der Waals surface area contributed by atoms with Crippen LogP contribution in [0.2, 0.25) is 0 Å². The number of aliphatic hydroxyl groups excluding tert-OH is 1. The van der Waals surface area contributed by atoms with Crippen LogP contribution in [-0.4, -0.2) is 22.6 Å². The second-order valence-electron chi connectivity index (χ2n) is 8.21. The van der Waals surface area contributed by atoms with Crippen LogP contribution >= 0.6 is 0 Å². The average molecular weight is 406 g/mol. The van der Waals surface area contributed by atoms with Crippen LogP contribution in [0.25, 0.3) is 0 Å². The van der Waals surface area contributed by atoms with Crippen molar-refractivity contribution in [3.05, 3.63) is 144 Å². The molecule has 154 valence electrons. The zero-order chi connectivity index (χ0) is 21.1. The summed E-state index contributed by atoms with van der Waals surface area (Å²) in [5.74, 6) is 0. The van der Waals surface area contributed by atoms with E-state index in [2.05, 4.69) is 95.9 Å². The molecule has 1 saturated heterocycles. The molecule has 0 spiro atoms. The predicted molar refractivity (Wildman–Crippen MR) is 126 cm³/mol. The molecule has 4 aromatic carbocycles. The number of hydrogen-bond donors (Lipinski definition) is 1. The molecule has 1 fully saturated rings. The highest BCUT2D eigenvalue weighted by Gasteiger charge is 2.50. The van der Waals surface area contributed by atoms with Gasteiger partial charge in [-0.05, 0) is 28.7 Å². The van der Waals surface area contributed by atoms with Crippen LogP contribution < -0.4 is 0 Å². The van der Waals surface area contributed by atoms with Crippen LogP contribution in [0.3, 0.4) is 0 Å². The Kier molecular flexibility index (Phi) is 5.42. The Bertz CT molecular complexity index is 1000. The first-order valence-electron chi connectivity index (χ1n) is 11.0. The molecule has 0 bridgehead atoms. The summed E-state index contributed by atoms with van der Waals surface area (Å²) in [6, 6.07) is 42.2. The van der Waals surface area contributed by atoms with Gasteiger partial charge in [-0.25, -0.2) is 0 Å². The number of nitrogens with zero attached hydrogens (tertiary/aromatic N) is 1. The molecule has 5 rings (SSSR count). The van der Waals surface area contributed by atoms with E-state index in [1.807, 2.05) is 30.3 Å². The average Bonchev–Trinajstić information content (AvgIpc) is 2.84. The van der Waals surface area contributed by atoms with Crippen molar-refractivity contribution in [3.8, 4) is 0 Å². The Morgan fingerprint density at radius 2 is 1.00 bits per heavy atom. The molecule has 2 nitrogen and oxygen atoms in total. The molecule has 0 amide bonds. The fourth-order valence-corrected chi connectivity index (χ4v) is 5.06. The lowest BCUT2D eigenvalue weighted by molar-refractivity contribution is -0.0605. The van der Waals surface area contributed by atoms with Crippen molar-refractivity contribution in [3.63, 3.8) is 0 Å². The summed E-state index contributed by atoms with van der Waals surface area (Å²) < 4.78 is 0. The normalized spacial score (nSPS) is 17.6. The van der Waals surface area contributed by atoms with Crippen LogP contribution in [-0.2, 0) is 5.54 Å². The molecule has 31 heavy (non-hydrogen) atoms. The maximum absolute atomic E-state index is 11.4. The third kappa shape index (κ3) is 3.38. The SMILES string of the molecule is O[C@@H](c1ccccc1)[C@@H]1CCN1C(c1ccccc1)(c1ccccc1)c1ccccc1. The number of benzene rings is 4. The highest BCUT2D eigenvalue weighted by Crippen LogP contribution is 2.48. The van der Waals surface area contributed by atoms with Crippen molar-refractivity contribution in [1.82, 2.24) is 4.90 Å². The van der Waals surface area contributed by atoms with Gasteiger partial charge in [0.2, 0.25) is 0 Å². The lowest BCUT2D eigenvalue weighted by atomic mass is 9.72. The largest absolute Gasteiger partial charge is 0.387 e. The maximum Gasteiger partial charge on any atom is 0.0976 e. The van der Waals surface area contributed by atoms with E-state index in [1.165, 1.54) is 16.7 Å². The first-order valence-corrected chi connectivity index (χ1v) is 11.0. The molecule has 1 aliphatic rings. The van der Waals surface area contributed by atoms with E-state index in [4.69, 9.17) is 0 Å². The number of rotatable bonds is 6. The Labute approximate surface area is 184 Å². The molecule has 0 unspecified atom stereocenters. The fraction of sp³-hybridized carbons (Fsp3) is 0.172. The smallest absolute Gasteiger partial charge is 0.0976 e. The summed E-state index contributed by atoms with van der Waals surface area (Å²) in [5, 5.41) is 11.4. The molecule has 1 aliphatic heterocycles. The van der Waals surface area contributed by atoms with Crippen molar-refractivity contribution in [1.29, 1.82) is 0 Å². The van der Waals surface area contributed by atoms with Gasteiger partial charge < -0.3 is 5.11 Å². The van der Waals surface area contributed by atoms with Crippen LogP contribution in [0.1, 0.15) is 34.8 Å². The summed E-state index contributed by atoms with van der Waals surface area (Å²) >= 11 is 0. The van der Waals surface area contributed by atoms with Gasteiger partial charge in [0.15, 0.2) is 0 Å². The Hall–Kier alpha value is -3.20. The van der Waals surface area contributed by atoms with Crippen molar-refractivity contribution in [2.24, 2.45) is 0 Å². The van der Waals surface area contributed by atoms with Gasteiger partial charge in [0.1, 0.15) is 0 Å². The Morgan fingerprint density at radius 1 is 0.613 bits per heavy atom. The highest BCUT2D eigenvalue weighted by molar-refractivity contribution is 5.50. The molecular formula is C29H27NO. The monoisotopic (exact) mass is 405 g/mol. The van der Waals surface area contributed by atoms with Gasteiger partial charge >= 0.3 is 0 Å². The molecule has 2 atom stereocenters. The maximum atomic E-state index is 11.4. The lowest BCUT2D eigenvalue weighted by Gasteiger charge is -2.56. The van der Waals surface area contributed by atoms with E-state index < -0.39 is 11.6 Å². The fourth-order valence-electron chi connectivity index (χ4n) is 5.06. The second kappa shape index (κ2) is 8.50. The molecule has 1 N–H and O–H groups in total. The van der Waals surface area contributed by atoms with Crippen LogP contribution in [0.5, 0.6) is 0 Å². The summed E-state index contributed by atoms with van der Waals surface area (Å²) in [4.78, 5) is 2.49. The number of hydrogen-bond acceptors (Lipinski definition) is 2. The number of likely N-dealkylation sites (tertiary alicyclic amines) is 1. The zero-order valence-corrected chi connectivity index (χ0v) is 17.5. The Morgan fingerprint density at radius 3 is 1.35 bits per heavy atom. The van der Waals surface area contributed by atoms with E-state index in [-0.39, 0.29) is 6.04 Å².